The molecule has 0 aromatic carbocycles. The van der Waals surface area contributed by atoms with Crippen molar-refractivity contribution in [2.75, 3.05) is 0 Å². The second-order valence-electron chi connectivity index (χ2n) is 8.85. The van der Waals surface area contributed by atoms with E-state index in [2.05, 4.69) is 25.9 Å². The predicted molar refractivity (Wildman–Crippen MR) is 120 cm³/mol. The van der Waals surface area contributed by atoms with Gasteiger partial charge < -0.3 is 36.9 Å². The van der Waals surface area contributed by atoms with Crippen molar-refractivity contribution in [2.45, 2.75) is 77.7 Å². The van der Waals surface area contributed by atoms with E-state index in [1.54, 1.807) is 13.8 Å². The maximum absolute atomic E-state index is 12.9. The number of aliphatic hydroxyl groups is 1. The fraction of sp³-hybridized carbons (Fsp3) is 0.667. The molecule has 1 rings (SSSR count). The first-order chi connectivity index (χ1) is 15.3. The van der Waals surface area contributed by atoms with Crippen LogP contribution in [0.5, 0.6) is 0 Å². The van der Waals surface area contributed by atoms with Gasteiger partial charge >= 0.3 is 5.97 Å². The Morgan fingerprint density at radius 3 is 2.06 bits per heavy atom. The number of aliphatic hydroxyl groups excluding tert-OH is 1. The Hall–Kier alpha value is -2.99. The van der Waals surface area contributed by atoms with Crippen molar-refractivity contribution in [2.24, 2.45) is 17.6 Å². The molecule has 8 N–H and O–H groups in total. The molecule has 0 saturated carbocycles. The van der Waals surface area contributed by atoms with Crippen LogP contribution < -0.4 is 21.7 Å². The largest absolute Gasteiger partial charge is 0.480 e. The Labute approximate surface area is 193 Å². The van der Waals surface area contributed by atoms with Crippen molar-refractivity contribution in [3.63, 3.8) is 0 Å². The van der Waals surface area contributed by atoms with Crippen molar-refractivity contribution in [3.8, 4) is 0 Å². The number of aliphatic carboxylic acids is 1. The number of carbonyl (C=O) groups excluding carboxylic acids is 3. The topological polar surface area (TPSA) is 200 Å². The number of carbonyl (C=O) groups is 4. The summed E-state index contributed by atoms with van der Waals surface area (Å²) in [6.45, 7) is 8.49. The fourth-order valence-electron chi connectivity index (χ4n) is 3.05. The molecule has 0 unspecified atom stereocenters. The molecule has 0 bridgehead atoms. The number of carboxylic acid groups (broad SMARTS) is 1. The third kappa shape index (κ3) is 9.18. The lowest BCUT2D eigenvalue weighted by molar-refractivity contribution is -0.142. The van der Waals surface area contributed by atoms with Crippen LogP contribution in [-0.2, 0) is 25.6 Å². The summed E-state index contributed by atoms with van der Waals surface area (Å²) in [5.74, 6) is -3.55. The number of hydrogen-bond acceptors (Lipinski definition) is 7. The molecule has 33 heavy (non-hydrogen) atoms. The van der Waals surface area contributed by atoms with Crippen molar-refractivity contribution < 1.29 is 29.4 Å². The van der Waals surface area contributed by atoms with Gasteiger partial charge in [-0.05, 0) is 25.2 Å². The number of amides is 3. The van der Waals surface area contributed by atoms with Gasteiger partial charge in [-0.1, -0.05) is 27.7 Å². The summed E-state index contributed by atoms with van der Waals surface area (Å²) in [5.41, 5.74) is 6.10. The zero-order valence-corrected chi connectivity index (χ0v) is 19.7. The van der Waals surface area contributed by atoms with Gasteiger partial charge in [0.25, 0.3) is 0 Å². The lowest BCUT2D eigenvalue weighted by Gasteiger charge is -2.28. The van der Waals surface area contributed by atoms with Crippen molar-refractivity contribution in [1.82, 2.24) is 25.9 Å². The van der Waals surface area contributed by atoms with E-state index in [1.165, 1.54) is 19.4 Å². The molecule has 1 aromatic heterocycles. The molecular formula is C21H36N6O6. The smallest absolute Gasteiger partial charge is 0.326 e. The lowest BCUT2D eigenvalue weighted by atomic mass is 9.99. The summed E-state index contributed by atoms with van der Waals surface area (Å²) in [7, 11) is 0. The number of imidazole rings is 1. The molecule has 12 nitrogen and oxygen atoms in total. The lowest BCUT2D eigenvalue weighted by Crippen LogP contribution is -2.59. The quantitative estimate of drug-likeness (QED) is 0.189. The van der Waals surface area contributed by atoms with Crippen LogP contribution in [0.3, 0.4) is 0 Å². The molecule has 1 heterocycles. The summed E-state index contributed by atoms with van der Waals surface area (Å²) in [5, 5.41) is 26.6. The summed E-state index contributed by atoms with van der Waals surface area (Å²) in [4.78, 5) is 56.4. The fourth-order valence-corrected chi connectivity index (χ4v) is 3.05. The first-order valence-corrected chi connectivity index (χ1v) is 10.9. The van der Waals surface area contributed by atoms with E-state index < -0.39 is 54.0 Å². The van der Waals surface area contributed by atoms with Gasteiger partial charge in [-0.25, -0.2) is 9.78 Å². The molecule has 0 aliphatic carbocycles. The Morgan fingerprint density at radius 2 is 1.61 bits per heavy atom. The number of nitrogens with one attached hydrogen (secondary N) is 4. The van der Waals surface area contributed by atoms with Crippen LogP contribution in [0.25, 0.3) is 0 Å². The van der Waals surface area contributed by atoms with E-state index in [9.17, 15) is 29.4 Å². The van der Waals surface area contributed by atoms with E-state index in [4.69, 9.17) is 5.73 Å². The average Bonchev–Trinajstić information content (AvgIpc) is 3.22. The molecular weight excluding hydrogens is 432 g/mol. The highest BCUT2D eigenvalue weighted by Gasteiger charge is 2.32. The standard InChI is InChI=1S/C21H36N6O6/c1-10(2)6-14(18(29)26-15(21(32)33)7-13-8-23-9-24-13)25-20(31)17(11(3)4)27-19(30)16(22)12(5)28/h8-12,14-17,28H,6-7,22H2,1-5H3,(H,23,24)(H,25,31)(H,26,29)(H,27,30)(H,32,33)/t12-,14+,15+,16+,17+/m1/s1. The third-order valence-corrected chi connectivity index (χ3v) is 4.99. The minimum atomic E-state index is -1.24. The maximum Gasteiger partial charge on any atom is 0.326 e. The van der Waals surface area contributed by atoms with Gasteiger partial charge in [0.2, 0.25) is 17.7 Å². The summed E-state index contributed by atoms with van der Waals surface area (Å²) in [6, 6.07) is -4.49. The normalized spacial score (nSPS) is 15.9. The van der Waals surface area contributed by atoms with Crippen LogP contribution in [0.1, 0.15) is 46.7 Å². The maximum atomic E-state index is 12.9. The molecule has 12 heteroatoms. The van der Waals surface area contributed by atoms with Crippen molar-refractivity contribution >= 4 is 23.7 Å². The van der Waals surface area contributed by atoms with E-state index in [-0.39, 0.29) is 24.7 Å². The minimum absolute atomic E-state index is 0.00594. The Kier molecular flexibility index (Phi) is 11.0. The molecule has 186 valence electrons. The van der Waals surface area contributed by atoms with E-state index in [0.717, 1.165) is 0 Å². The van der Waals surface area contributed by atoms with Crippen LogP contribution in [0.15, 0.2) is 12.5 Å². The number of rotatable bonds is 13. The van der Waals surface area contributed by atoms with Gasteiger partial charge in [0.1, 0.15) is 24.2 Å². The molecule has 0 spiro atoms. The van der Waals surface area contributed by atoms with Gasteiger partial charge in [-0.15, -0.1) is 0 Å². The summed E-state index contributed by atoms with van der Waals surface area (Å²) < 4.78 is 0. The van der Waals surface area contributed by atoms with Crippen molar-refractivity contribution in [1.29, 1.82) is 0 Å². The zero-order valence-electron chi connectivity index (χ0n) is 19.7. The van der Waals surface area contributed by atoms with Gasteiger partial charge in [0.15, 0.2) is 0 Å². The van der Waals surface area contributed by atoms with Crippen LogP contribution in [0.2, 0.25) is 0 Å². The highest BCUT2D eigenvalue weighted by molar-refractivity contribution is 5.94. The Balaban J connectivity index is 2.96. The summed E-state index contributed by atoms with van der Waals surface area (Å²) in [6.07, 6.45) is 2.04. The first-order valence-electron chi connectivity index (χ1n) is 10.9. The monoisotopic (exact) mass is 468 g/mol. The number of nitrogens with zero attached hydrogens (tertiary/aromatic N) is 1. The number of hydrogen-bond donors (Lipinski definition) is 7. The molecule has 3 amide bonds. The van der Waals surface area contributed by atoms with Gasteiger partial charge in [0, 0.05) is 12.6 Å². The number of aromatic amines is 1. The van der Waals surface area contributed by atoms with Gasteiger partial charge in [-0.2, -0.15) is 0 Å². The van der Waals surface area contributed by atoms with E-state index >= 15 is 0 Å². The van der Waals surface area contributed by atoms with E-state index in [1.807, 2.05) is 13.8 Å². The second kappa shape index (κ2) is 12.9. The first kappa shape index (κ1) is 28.0. The van der Waals surface area contributed by atoms with Gasteiger partial charge in [0.05, 0.1) is 18.1 Å². The molecule has 0 fully saturated rings. The molecule has 0 aliphatic heterocycles. The molecule has 0 radical (unpaired) electrons. The number of H-pyrrole nitrogens is 1. The highest BCUT2D eigenvalue weighted by Crippen LogP contribution is 2.09. The number of nitrogens with two attached hydrogens (primary N) is 1. The van der Waals surface area contributed by atoms with Crippen molar-refractivity contribution in [3.05, 3.63) is 18.2 Å². The molecule has 0 saturated heterocycles. The number of carboxylic acids is 1. The summed E-state index contributed by atoms with van der Waals surface area (Å²) >= 11 is 0. The molecule has 0 aliphatic rings. The second-order valence-corrected chi connectivity index (χ2v) is 8.85. The number of aromatic nitrogens is 2. The van der Waals surface area contributed by atoms with Crippen LogP contribution in [0.4, 0.5) is 0 Å². The van der Waals surface area contributed by atoms with Crippen LogP contribution in [0, 0.1) is 11.8 Å². The minimum Gasteiger partial charge on any atom is -0.480 e. The highest BCUT2D eigenvalue weighted by atomic mass is 16.4. The molecule has 1 aromatic rings. The van der Waals surface area contributed by atoms with Crippen LogP contribution in [-0.4, -0.2) is 74.1 Å². The molecule has 5 atom stereocenters. The Morgan fingerprint density at radius 1 is 1.00 bits per heavy atom. The SMILES string of the molecule is CC(C)C[C@H](NC(=O)[C@@H](NC(=O)[C@@H](N)[C@@H](C)O)C(C)C)C(=O)N[C@@H](Cc1c[nH]cn1)C(=O)O. The third-order valence-electron chi connectivity index (χ3n) is 4.99. The predicted octanol–water partition coefficient (Wildman–Crippen LogP) is -1.10. The zero-order chi connectivity index (χ0) is 25.3. The average molecular weight is 469 g/mol. The Bertz CT molecular complexity index is 795. The van der Waals surface area contributed by atoms with Gasteiger partial charge in [-0.3, -0.25) is 14.4 Å². The van der Waals surface area contributed by atoms with Crippen LogP contribution >= 0.6 is 0 Å². The van der Waals surface area contributed by atoms with E-state index in [0.29, 0.717) is 5.69 Å².